The highest BCUT2D eigenvalue weighted by atomic mass is 16.5. The number of carbonyl (C=O) groups is 2. The Bertz CT molecular complexity index is 822. The maximum absolute atomic E-state index is 12.9. The fourth-order valence-corrected chi connectivity index (χ4v) is 4.86. The van der Waals surface area contributed by atoms with Gasteiger partial charge in [-0.2, -0.15) is 0 Å². The number of benzene rings is 1. The van der Waals surface area contributed by atoms with E-state index in [-0.39, 0.29) is 17.9 Å². The van der Waals surface area contributed by atoms with E-state index in [1.165, 1.54) is 19.3 Å². The van der Waals surface area contributed by atoms with E-state index in [0.29, 0.717) is 31.0 Å². The van der Waals surface area contributed by atoms with Gasteiger partial charge in [0.25, 0.3) is 5.91 Å². The van der Waals surface area contributed by atoms with Crippen molar-refractivity contribution in [1.29, 1.82) is 0 Å². The summed E-state index contributed by atoms with van der Waals surface area (Å²) < 4.78 is 6.44. The fraction of sp³-hybridized carbons (Fsp3) is 0.583. The number of piperidine rings is 1. The van der Waals surface area contributed by atoms with Gasteiger partial charge >= 0.3 is 0 Å². The molecule has 0 spiro atoms. The lowest BCUT2D eigenvalue weighted by Crippen LogP contribution is -2.49. The molecule has 0 aromatic heterocycles. The summed E-state index contributed by atoms with van der Waals surface area (Å²) >= 11 is 0. The van der Waals surface area contributed by atoms with Gasteiger partial charge in [0, 0.05) is 23.8 Å². The van der Waals surface area contributed by atoms with Crippen LogP contribution in [0, 0.1) is 0 Å². The van der Waals surface area contributed by atoms with Crippen molar-refractivity contribution in [2.75, 3.05) is 6.54 Å². The van der Waals surface area contributed by atoms with Crippen molar-refractivity contribution < 1.29 is 14.3 Å². The first-order chi connectivity index (χ1) is 14.6. The summed E-state index contributed by atoms with van der Waals surface area (Å²) in [5, 5.41) is 6.45. The molecule has 2 aliphatic heterocycles. The highest BCUT2D eigenvalue weighted by Crippen LogP contribution is 2.32. The first-order valence-electron chi connectivity index (χ1n) is 11.4. The topological polar surface area (TPSA) is 70.7 Å². The van der Waals surface area contributed by atoms with Gasteiger partial charge in [0.05, 0.1) is 0 Å². The Morgan fingerprint density at radius 2 is 2.03 bits per heavy atom. The van der Waals surface area contributed by atoms with E-state index in [4.69, 9.17) is 4.74 Å². The lowest BCUT2D eigenvalue weighted by atomic mass is 10.0. The molecule has 2 heterocycles. The van der Waals surface area contributed by atoms with Crippen LogP contribution in [0.25, 0.3) is 0 Å². The number of nitrogens with zero attached hydrogens (tertiary/aromatic N) is 1. The third-order valence-corrected chi connectivity index (χ3v) is 6.50. The largest absolute Gasteiger partial charge is 0.489 e. The Morgan fingerprint density at radius 3 is 2.83 bits per heavy atom. The zero-order valence-electron chi connectivity index (χ0n) is 17.9. The third kappa shape index (κ3) is 4.38. The Kier molecular flexibility index (Phi) is 6.42. The lowest BCUT2D eigenvalue weighted by molar-refractivity contribution is -0.126. The first-order valence-corrected chi connectivity index (χ1v) is 11.4. The van der Waals surface area contributed by atoms with Gasteiger partial charge in [-0.1, -0.05) is 26.3 Å². The predicted molar refractivity (Wildman–Crippen MR) is 116 cm³/mol. The minimum absolute atomic E-state index is 0.0684. The van der Waals surface area contributed by atoms with Gasteiger partial charge in [0.15, 0.2) is 0 Å². The van der Waals surface area contributed by atoms with Gasteiger partial charge in [0.1, 0.15) is 17.9 Å². The SMILES string of the molecule is C=C1CCC(N2Cc3cc(O[C@H]4CCCCC[C@@H]4NCCC)ccc3C2=O)C(=O)N1. The second-order valence-corrected chi connectivity index (χ2v) is 8.75. The molecule has 6 heteroatoms. The number of amides is 2. The smallest absolute Gasteiger partial charge is 0.255 e. The van der Waals surface area contributed by atoms with E-state index in [2.05, 4.69) is 24.1 Å². The second kappa shape index (κ2) is 9.21. The standard InChI is InChI=1S/C24H33N3O3/c1-3-13-25-20-7-5-4-6-8-22(20)30-18-10-11-19-17(14-18)15-27(24(19)29)21-12-9-16(2)26-23(21)28/h10-11,14,20-22,25H,2-9,12-13,15H2,1H3,(H,26,28)/t20-,21?,22-/m0/s1. The molecule has 1 aromatic rings. The molecule has 1 aromatic carbocycles. The van der Waals surface area contributed by atoms with Gasteiger partial charge in [-0.15, -0.1) is 0 Å². The van der Waals surface area contributed by atoms with Crippen LogP contribution >= 0.6 is 0 Å². The summed E-state index contributed by atoms with van der Waals surface area (Å²) in [6, 6.07) is 5.71. The number of carbonyl (C=O) groups excluding carboxylic acids is 2. The number of ether oxygens (including phenoxy) is 1. The molecule has 0 radical (unpaired) electrons. The number of fused-ring (bicyclic) bond motifs is 1. The zero-order chi connectivity index (χ0) is 21.1. The van der Waals surface area contributed by atoms with E-state index in [9.17, 15) is 9.59 Å². The van der Waals surface area contributed by atoms with Crippen molar-refractivity contribution in [3.05, 3.63) is 41.6 Å². The maximum atomic E-state index is 12.9. The Morgan fingerprint density at radius 1 is 1.20 bits per heavy atom. The molecule has 2 fully saturated rings. The average molecular weight is 412 g/mol. The van der Waals surface area contributed by atoms with Crippen molar-refractivity contribution >= 4 is 11.8 Å². The summed E-state index contributed by atoms with van der Waals surface area (Å²) in [7, 11) is 0. The molecular weight excluding hydrogens is 378 g/mol. The van der Waals surface area contributed by atoms with Crippen LogP contribution in [0.1, 0.15) is 74.2 Å². The number of rotatable bonds is 6. The molecule has 2 amide bonds. The van der Waals surface area contributed by atoms with Gasteiger partial charge < -0.3 is 20.3 Å². The molecule has 1 saturated carbocycles. The molecule has 2 N–H and O–H groups in total. The van der Waals surface area contributed by atoms with Crippen molar-refractivity contribution in [3.8, 4) is 5.75 Å². The number of hydrogen-bond donors (Lipinski definition) is 2. The van der Waals surface area contributed by atoms with Gasteiger partial charge in [0.2, 0.25) is 5.91 Å². The van der Waals surface area contributed by atoms with E-state index in [0.717, 1.165) is 42.8 Å². The van der Waals surface area contributed by atoms with Gasteiger partial charge in [-0.3, -0.25) is 9.59 Å². The molecular formula is C24H33N3O3. The Labute approximate surface area is 179 Å². The highest BCUT2D eigenvalue weighted by Gasteiger charge is 2.38. The van der Waals surface area contributed by atoms with E-state index in [1.807, 2.05) is 18.2 Å². The third-order valence-electron chi connectivity index (χ3n) is 6.50. The quantitative estimate of drug-likeness (QED) is 0.703. The summed E-state index contributed by atoms with van der Waals surface area (Å²) in [6.45, 7) is 7.48. The molecule has 0 bridgehead atoms. The molecule has 3 aliphatic rings. The Hall–Kier alpha value is -2.34. The summed E-state index contributed by atoms with van der Waals surface area (Å²) in [5.41, 5.74) is 2.35. The van der Waals surface area contributed by atoms with Crippen molar-refractivity contribution in [2.24, 2.45) is 0 Å². The Balaban J connectivity index is 1.47. The number of nitrogens with one attached hydrogen (secondary N) is 2. The number of hydrogen-bond acceptors (Lipinski definition) is 4. The summed E-state index contributed by atoms with van der Waals surface area (Å²) in [6.07, 6.45) is 8.48. The van der Waals surface area contributed by atoms with E-state index < -0.39 is 6.04 Å². The van der Waals surface area contributed by atoms with E-state index >= 15 is 0 Å². The molecule has 3 atom stereocenters. The van der Waals surface area contributed by atoms with Crippen molar-refractivity contribution in [2.45, 2.75) is 83.0 Å². The molecule has 1 saturated heterocycles. The van der Waals surface area contributed by atoms with Crippen LogP contribution in [0.4, 0.5) is 0 Å². The predicted octanol–water partition coefficient (Wildman–Crippen LogP) is 3.51. The van der Waals surface area contributed by atoms with Gasteiger partial charge in [-0.25, -0.2) is 0 Å². The molecule has 1 unspecified atom stereocenters. The van der Waals surface area contributed by atoms with Crippen LogP contribution in [0.3, 0.4) is 0 Å². The normalized spacial score (nSPS) is 26.9. The van der Waals surface area contributed by atoms with Crippen molar-refractivity contribution in [3.63, 3.8) is 0 Å². The molecule has 1 aliphatic carbocycles. The second-order valence-electron chi connectivity index (χ2n) is 8.75. The number of allylic oxidation sites excluding steroid dienone is 1. The van der Waals surface area contributed by atoms with Crippen LogP contribution in [-0.2, 0) is 11.3 Å². The van der Waals surface area contributed by atoms with Crippen LogP contribution in [0.15, 0.2) is 30.5 Å². The van der Waals surface area contributed by atoms with Crippen LogP contribution < -0.4 is 15.4 Å². The maximum Gasteiger partial charge on any atom is 0.255 e. The van der Waals surface area contributed by atoms with Gasteiger partial charge in [-0.05, 0) is 68.8 Å². The highest BCUT2D eigenvalue weighted by molar-refractivity contribution is 6.01. The van der Waals surface area contributed by atoms with Crippen LogP contribution in [-0.4, -0.2) is 41.4 Å². The summed E-state index contributed by atoms with van der Waals surface area (Å²) in [4.78, 5) is 27.0. The minimum Gasteiger partial charge on any atom is -0.489 e. The molecule has 4 rings (SSSR count). The van der Waals surface area contributed by atoms with Crippen molar-refractivity contribution in [1.82, 2.24) is 15.5 Å². The zero-order valence-corrected chi connectivity index (χ0v) is 17.9. The van der Waals surface area contributed by atoms with E-state index in [1.54, 1.807) is 4.90 Å². The molecule has 30 heavy (non-hydrogen) atoms. The molecule has 6 nitrogen and oxygen atoms in total. The minimum atomic E-state index is -0.427. The first kappa shape index (κ1) is 20.9. The molecule has 162 valence electrons. The average Bonchev–Trinajstić information content (AvgIpc) is 2.89. The monoisotopic (exact) mass is 411 g/mol. The summed E-state index contributed by atoms with van der Waals surface area (Å²) in [5.74, 6) is 0.619. The fourth-order valence-electron chi connectivity index (χ4n) is 4.86. The van der Waals surface area contributed by atoms with Crippen LogP contribution in [0.5, 0.6) is 5.75 Å². The lowest BCUT2D eigenvalue weighted by Gasteiger charge is -2.30. The van der Waals surface area contributed by atoms with Crippen LogP contribution in [0.2, 0.25) is 0 Å².